The fraction of sp³-hybridized carbons (Fsp3) is 0.238. The molecule has 0 aliphatic carbocycles. The Balaban J connectivity index is 1.88. The maximum atomic E-state index is 12.1. The van der Waals surface area contributed by atoms with Gasteiger partial charge in [0.05, 0.1) is 11.6 Å². The largest absolute Gasteiger partial charge is 0.454 e. The third kappa shape index (κ3) is 6.08. The van der Waals surface area contributed by atoms with Crippen LogP contribution < -0.4 is 5.32 Å². The van der Waals surface area contributed by atoms with Gasteiger partial charge in [-0.1, -0.05) is 37.6 Å². The van der Waals surface area contributed by atoms with E-state index in [0.29, 0.717) is 11.3 Å². The molecule has 0 fully saturated rings. The summed E-state index contributed by atoms with van der Waals surface area (Å²) < 4.78 is 5.06. The molecule has 0 heterocycles. The molecule has 138 valence electrons. The third-order valence-electron chi connectivity index (χ3n) is 3.79. The quantitative estimate of drug-likeness (QED) is 0.571. The Morgan fingerprint density at radius 3 is 2.22 bits per heavy atom. The summed E-state index contributed by atoms with van der Waals surface area (Å²) in [5.74, 6) is -1.32. The van der Waals surface area contributed by atoms with Gasteiger partial charge in [-0.2, -0.15) is 5.26 Å². The molecule has 0 saturated heterocycles. The summed E-state index contributed by atoms with van der Waals surface area (Å²) in [6, 6.07) is 15.0. The Hall–Kier alpha value is -3.46. The van der Waals surface area contributed by atoms with Crippen molar-refractivity contribution in [3.63, 3.8) is 0 Å². The number of anilines is 1. The summed E-state index contributed by atoms with van der Waals surface area (Å²) in [4.78, 5) is 35.5. The van der Waals surface area contributed by atoms with Crippen molar-refractivity contribution in [1.82, 2.24) is 0 Å². The lowest BCUT2D eigenvalue weighted by Gasteiger charge is -2.07. The Morgan fingerprint density at radius 1 is 1.00 bits per heavy atom. The van der Waals surface area contributed by atoms with E-state index < -0.39 is 11.9 Å². The number of esters is 1. The van der Waals surface area contributed by atoms with Crippen LogP contribution in [0.4, 0.5) is 5.69 Å². The molecule has 2 rings (SSSR count). The summed E-state index contributed by atoms with van der Waals surface area (Å²) >= 11 is 0. The van der Waals surface area contributed by atoms with E-state index in [1.165, 1.54) is 24.3 Å². The summed E-state index contributed by atoms with van der Waals surface area (Å²) in [5.41, 5.74) is 2.39. The average Bonchev–Trinajstić information content (AvgIpc) is 2.67. The van der Waals surface area contributed by atoms with Crippen molar-refractivity contribution in [2.24, 2.45) is 0 Å². The third-order valence-corrected chi connectivity index (χ3v) is 3.79. The molecule has 0 bridgehead atoms. The molecule has 0 radical (unpaired) electrons. The van der Waals surface area contributed by atoms with Crippen LogP contribution in [-0.2, 0) is 16.0 Å². The standard InChI is InChI=1S/C21H20N2O4/c1-2-3-15-4-6-16(7-5-15)19(24)14-27-21(26)17-8-10-18(11-9-17)23-20(25)12-13-22/h4-11H,2-3,12,14H2,1H3,(H,23,25). The Bertz CT molecular complexity index is 849. The van der Waals surface area contributed by atoms with Crippen molar-refractivity contribution in [2.75, 3.05) is 11.9 Å². The van der Waals surface area contributed by atoms with Gasteiger partial charge in [0.1, 0.15) is 6.42 Å². The second kappa shape index (κ2) is 9.88. The second-order valence-electron chi connectivity index (χ2n) is 5.91. The minimum absolute atomic E-state index is 0.245. The van der Waals surface area contributed by atoms with E-state index >= 15 is 0 Å². The van der Waals surface area contributed by atoms with Crippen molar-refractivity contribution in [3.8, 4) is 6.07 Å². The summed E-state index contributed by atoms with van der Waals surface area (Å²) in [6.07, 6.45) is 1.74. The van der Waals surface area contributed by atoms with E-state index in [1.54, 1.807) is 18.2 Å². The van der Waals surface area contributed by atoms with Gasteiger partial charge in [-0.05, 0) is 36.2 Å². The first-order chi connectivity index (χ1) is 13.0. The first-order valence-corrected chi connectivity index (χ1v) is 8.59. The van der Waals surface area contributed by atoms with Gasteiger partial charge in [0, 0.05) is 11.3 Å². The lowest BCUT2D eigenvalue weighted by molar-refractivity contribution is -0.115. The number of carbonyl (C=O) groups is 3. The Labute approximate surface area is 157 Å². The lowest BCUT2D eigenvalue weighted by Crippen LogP contribution is -2.14. The van der Waals surface area contributed by atoms with Gasteiger partial charge in [0.25, 0.3) is 0 Å². The van der Waals surface area contributed by atoms with Crippen LogP contribution in [0.3, 0.4) is 0 Å². The van der Waals surface area contributed by atoms with Crippen molar-refractivity contribution in [3.05, 3.63) is 65.2 Å². The number of Topliss-reactive ketones (excluding diaryl/α,β-unsaturated/α-hetero) is 1. The van der Waals surface area contributed by atoms with Crippen molar-refractivity contribution < 1.29 is 19.1 Å². The van der Waals surface area contributed by atoms with Gasteiger partial charge in [0.2, 0.25) is 5.91 Å². The molecule has 0 atom stereocenters. The van der Waals surface area contributed by atoms with Crippen LogP contribution in [0.25, 0.3) is 0 Å². The normalized spacial score (nSPS) is 9.93. The smallest absolute Gasteiger partial charge is 0.338 e. The van der Waals surface area contributed by atoms with E-state index in [0.717, 1.165) is 18.4 Å². The number of amides is 1. The fourth-order valence-corrected chi connectivity index (χ4v) is 2.41. The number of benzene rings is 2. The number of hydrogen-bond acceptors (Lipinski definition) is 5. The van der Waals surface area contributed by atoms with Crippen LogP contribution in [0.1, 0.15) is 46.0 Å². The van der Waals surface area contributed by atoms with Gasteiger partial charge in [-0.15, -0.1) is 0 Å². The number of ether oxygens (including phenoxy) is 1. The number of rotatable bonds is 8. The van der Waals surface area contributed by atoms with E-state index in [-0.39, 0.29) is 24.4 Å². The minimum atomic E-state index is -0.624. The highest BCUT2D eigenvalue weighted by molar-refractivity contribution is 5.99. The number of nitrogens with one attached hydrogen (secondary N) is 1. The van der Waals surface area contributed by atoms with E-state index in [1.807, 2.05) is 12.1 Å². The first-order valence-electron chi connectivity index (χ1n) is 8.59. The maximum Gasteiger partial charge on any atom is 0.338 e. The van der Waals surface area contributed by atoms with Crippen molar-refractivity contribution in [1.29, 1.82) is 5.26 Å². The molecule has 0 aliphatic rings. The van der Waals surface area contributed by atoms with Crippen LogP contribution >= 0.6 is 0 Å². The van der Waals surface area contributed by atoms with Gasteiger partial charge in [-0.3, -0.25) is 9.59 Å². The molecule has 1 amide bonds. The fourth-order valence-electron chi connectivity index (χ4n) is 2.41. The van der Waals surface area contributed by atoms with Gasteiger partial charge < -0.3 is 10.1 Å². The van der Waals surface area contributed by atoms with Crippen LogP contribution in [0.2, 0.25) is 0 Å². The molecule has 1 N–H and O–H groups in total. The topological polar surface area (TPSA) is 96.3 Å². The average molecular weight is 364 g/mol. The van der Waals surface area contributed by atoms with E-state index in [9.17, 15) is 14.4 Å². The Kier molecular flexibility index (Phi) is 7.26. The molecule has 0 aromatic heterocycles. The van der Waals surface area contributed by atoms with Gasteiger partial charge >= 0.3 is 5.97 Å². The highest BCUT2D eigenvalue weighted by Crippen LogP contribution is 2.12. The minimum Gasteiger partial charge on any atom is -0.454 e. The molecule has 0 aliphatic heterocycles. The van der Waals surface area contributed by atoms with Crippen LogP contribution in [0.5, 0.6) is 0 Å². The lowest BCUT2D eigenvalue weighted by atomic mass is 10.1. The molecule has 0 unspecified atom stereocenters. The molecule has 0 saturated carbocycles. The maximum absolute atomic E-state index is 12.1. The summed E-state index contributed by atoms with van der Waals surface area (Å²) in [7, 11) is 0. The van der Waals surface area contributed by atoms with Crippen LogP contribution in [0, 0.1) is 11.3 Å². The molecule has 2 aromatic rings. The van der Waals surface area contributed by atoms with Crippen LogP contribution in [-0.4, -0.2) is 24.3 Å². The van der Waals surface area contributed by atoms with E-state index in [2.05, 4.69) is 12.2 Å². The number of carbonyl (C=O) groups excluding carboxylic acids is 3. The number of nitrogens with zero attached hydrogens (tertiary/aromatic N) is 1. The van der Waals surface area contributed by atoms with Crippen LogP contribution in [0.15, 0.2) is 48.5 Å². The zero-order chi connectivity index (χ0) is 19.6. The first kappa shape index (κ1) is 19.9. The molecular formula is C21H20N2O4. The Morgan fingerprint density at radius 2 is 1.63 bits per heavy atom. The summed E-state index contributed by atoms with van der Waals surface area (Å²) in [5, 5.41) is 11.0. The second-order valence-corrected chi connectivity index (χ2v) is 5.91. The van der Waals surface area contributed by atoms with Gasteiger partial charge in [0.15, 0.2) is 12.4 Å². The zero-order valence-electron chi connectivity index (χ0n) is 15.0. The zero-order valence-corrected chi connectivity index (χ0v) is 15.0. The highest BCUT2D eigenvalue weighted by Gasteiger charge is 2.12. The number of hydrogen-bond donors (Lipinski definition) is 1. The monoisotopic (exact) mass is 364 g/mol. The molecule has 6 heteroatoms. The predicted molar refractivity (Wildman–Crippen MR) is 100 cm³/mol. The van der Waals surface area contributed by atoms with Crippen molar-refractivity contribution >= 4 is 23.3 Å². The molecule has 2 aromatic carbocycles. The van der Waals surface area contributed by atoms with E-state index in [4.69, 9.17) is 10.00 Å². The number of ketones is 1. The number of nitriles is 1. The highest BCUT2D eigenvalue weighted by atomic mass is 16.5. The van der Waals surface area contributed by atoms with Crippen molar-refractivity contribution in [2.45, 2.75) is 26.2 Å². The van der Waals surface area contributed by atoms with Gasteiger partial charge in [-0.25, -0.2) is 4.79 Å². The molecule has 0 spiro atoms. The molecule has 27 heavy (non-hydrogen) atoms. The number of aryl methyl sites for hydroxylation is 1. The predicted octanol–water partition coefficient (Wildman–Crippen LogP) is 3.53. The molecule has 6 nitrogen and oxygen atoms in total. The SMILES string of the molecule is CCCc1ccc(C(=O)COC(=O)c2ccc(NC(=O)CC#N)cc2)cc1. The summed E-state index contributed by atoms with van der Waals surface area (Å²) in [6.45, 7) is 1.75. The molecular weight excluding hydrogens is 344 g/mol.